The van der Waals surface area contributed by atoms with Crippen molar-refractivity contribution in [2.24, 2.45) is 0 Å². The van der Waals surface area contributed by atoms with E-state index in [0.29, 0.717) is 17.0 Å². The van der Waals surface area contributed by atoms with Gasteiger partial charge in [0.1, 0.15) is 5.75 Å². The fourth-order valence-electron chi connectivity index (χ4n) is 3.68. The van der Waals surface area contributed by atoms with Gasteiger partial charge in [0.25, 0.3) is 5.91 Å². The number of carbonyl (C=O) groups excluding carboxylic acids is 1. The van der Waals surface area contributed by atoms with Gasteiger partial charge in [0.15, 0.2) is 17.1 Å². The van der Waals surface area contributed by atoms with Gasteiger partial charge >= 0.3 is 0 Å². The van der Waals surface area contributed by atoms with Crippen LogP contribution in [0.1, 0.15) is 16.1 Å². The smallest absolute Gasteiger partial charge is 0.291 e. The highest BCUT2D eigenvalue weighted by molar-refractivity contribution is 6.05. The normalized spacial score (nSPS) is 15.3. The lowest BCUT2D eigenvalue weighted by atomic mass is 10.1. The van der Waals surface area contributed by atoms with Gasteiger partial charge in [0, 0.05) is 43.8 Å². The number of methoxy groups -OCH3 is 2. The third-order valence-electron chi connectivity index (χ3n) is 5.52. The quantitative estimate of drug-likeness (QED) is 0.673. The van der Waals surface area contributed by atoms with E-state index in [1.165, 1.54) is 0 Å². The van der Waals surface area contributed by atoms with Crippen LogP contribution in [0.3, 0.4) is 0 Å². The molecule has 1 aliphatic heterocycles. The van der Waals surface area contributed by atoms with Gasteiger partial charge in [-0.2, -0.15) is 0 Å². The summed E-state index contributed by atoms with van der Waals surface area (Å²) in [6.45, 7) is 4.97. The van der Waals surface area contributed by atoms with Crippen LogP contribution in [-0.4, -0.2) is 63.2 Å². The molecule has 1 saturated heterocycles. The Morgan fingerprint density at radius 3 is 2.43 bits per heavy atom. The summed E-state index contributed by atoms with van der Waals surface area (Å²) in [5, 5.41) is 3.78. The zero-order chi connectivity index (χ0) is 21.1. The molecule has 2 heterocycles. The molecule has 1 aromatic heterocycles. The maximum Gasteiger partial charge on any atom is 0.291 e. The van der Waals surface area contributed by atoms with Crippen LogP contribution in [0.4, 0.5) is 5.69 Å². The number of amides is 1. The predicted molar refractivity (Wildman–Crippen MR) is 116 cm³/mol. The lowest BCUT2D eigenvalue weighted by molar-refractivity contribution is 0.0998. The molecule has 0 aliphatic carbocycles. The van der Waals surface area contributed by atoms with E-state index < -0.39 is 0 Å². The van der Waals surface area contributed by atoms with Gasteiger partial charge < -0.3 is 24.1 Å². The number of likely N-dealkylation sites (N-methyl/N-ethyl adjacent to an activating group) is 1. The van der Waals surface area contributed by atoms with Gasteiger partial charge in [-0.05, 0) is 49.0 Å². The Balaban J connectivity index is 1.58. The third kappa shape index (κ3) is 4.27. The number of benzene rings is 2. The van der Waals surface area contributed by atoms with E-state index in [1.54, 1.807) is 38.5 Å². The van der Waals surface area contributed by atoms with Gasteiger partial charge in [0.05, 0.1) is 14.2 Å². The van der Waals surface area contributed by atoms with Crippen molar-refractivity contribution in [3.05, 3.63) is 53.8 Å². The number of ether oxygens (including phenoxy) is 2. The first-order valence-electron chi connectivity index (χ1n) is 10.0. The monoisotopic (exact) mass is 409 g/mol. The molecule has 0 unspecified atom stereocenters. The van der Waals surface area contributed by atoms with Crippen LogP contribution in [0.5, 0.6) is 11.5 Å². The number of nitrogens with one attached hydrogen (secondary N) is 1. The maximum atomic E-state index is 12.8. The molecular weight excluding hydrogens is 382 g/mol. The van der Waals surface area contributed by atoms with E-state index >= 15 is 0 Å². The Bertz CT molecular complexity index is 1020. The molecule has 3 aromatic rings. The van der Waals surface area contributed by atoms with E-state index in [0.717, 1.165) is 49.4 Å². The molecule has 0 radical (unpaired) electrons. The molecule has 30 heavy (non-hydrogen) atoms. The first-order chi connectivity index (χ1) is 14.6. The van der Waals surface area contributed by atoms with Crippen LogP contribution in [0.25, 0.3) is 11.0 Å². The number of rotatable bonds is 6. The Morgan fingerprint density at radius 1 is 1.03 bits per heavy atom. The lowest BCUT2D eigenvalue weighted by Gasteiger charge is -2.32. The number of piperazine rings is 1. The van der Waals surface area contributed by atoms with Crippen molar-refractivity contribution >= 4 is 22.6 Å². The van der Waals surface area contributed by atoms with Gasteiger partial charge in [-0.15, -0.1) is 0 Å². The Kier molecular flexibility index (Phi) is 5.92. The van der Waals surface area contributed by atoms with E-state index in [1.807, 2.05) is 12.1 Å². The van der Waals surface area contributed by atoms with Crippen molar-refractivity contribution in [1.82, 2.24) is 9.80 Å². The minimum absolute atomic E-state index is 0.255. The fraction of sp³-hybridized carbons (Fsp3) is 0.348. The highest BCUT2D eigenvalue weighted by Crippen LogP contribution is 2.32. The lowest BCUT2D eigenvalue weighted by Crippen LogP contribution is -2.43. The number of nitrogens with zero attached hydrogens (tertiary/aromatic N) is 2. The van der Waals surface area contributed by atoms with Crippen molar-refractivity contribution in [3.8, 4) is 11.5 Å². The summed E-state index contributed by atoms with van der Waals surface area (Å²) < 4.78 is 16.5. The molecule has 0 bridgehead atoms. The third-order valence-corrected chi connectivity index (χ3v) is 5.52. The molecule has 0 saturated carbocycles. The van der Waals surface area contributed by atoms with Gasteiger partial charge in [0.2, 0.25) is 0 Å². The second-order valence-corrected chi connectivity index (χ2v) is 7.54. The summed E-state index contributed by atoms with van der Waals surface area (Å²) in [4.78, 5) is 17.5. The average molecular weight is 409 g/mol. The zero-order valence-electron chi connectivity index (χ0n) is 17.6. The molecule has 2 aromatic carbocycles. The minimum Gasteiger partial charge on any atom is -0.497 e. The van der Waals surface area contributed by atoms with Crippen LogP contribution >= 0.6 is 0 Å². The molecular formula is C23H27N3O4. The van der Waals surface area contributed by atoms with Crippen molar-refractivity contribution in [2.45, 2.75) is 6.54 Å². The average Bonchev–Trinajstić information content (AvgIpc) is 3.22. The number of anilines is 1. The molecule has 1 fully saturated rings. The number of hydrogen-bond donors (Lipinski definition) is 1. The van der Waals surface area contributed by atoms with Gasteiger partial charge in [-0.25, -0.2) is 0 Å². The molecule has 7 nitrogen and oxygen atoms in total. The summed E-state index contributed by atoms with van der Waals surface area (Å²) in [6, 6.07) is 12.9. The summed E-state index contributed by atoms with van der Waals surface area (Å²) in [5.41, 5.74) is 2.40. The summed E-state index contributed by atoms with van der Waals surface area (Å²) >= 11 is 0. The highest BCUT2D eigenvalue weighted by atomic mass is 16.5. The van der Waals surface area contributed by atoms with Crippen molar-refractivity contribution in [3.63, 3.8) is 0 Å². The molecule has 158 valence electrons. The number of carbonyl (C=O) groups is 1. The summed E-state index contributed by atoms with van der Waals surface area (Å²) in [5.74, 6) is 1.31. The number of hydrogen-bond acceptors (Lipinski definition) is 6. The second-order valence-electron chi connectivity index (χ2n) is 7.54. The highest BCUT2D eigenvalue weighted by Gasteiger charge is 2.20. The Morgan fingerprint density at radius 2 is 1.77 bits per heavy atom. The summed E-state index contributed by atoms with van der Waals surface area (Å²) in [7, 11) is 5.36. The Hall–Kier alpha value is -3.03. The molecule has 4 rings (SSSR count). The molecule has 0 spiro atoms. The number of fused-ring (bicyclic) bond motifs is 1. The first-order valence-corrected chi connectivity index (χ1v) is 10.0. The predicted octanol–water partition coefficient (Wildman–Crippen LogP) is 3.45. The van der Waals surface area contributed by atoms with E-state index in [9.17, 15) is 4.79 Å². The SMILES string of the molecule is COc1ccc(NC(=O)c2cc3c(CN4CCN(C)CC4)ccc(OC)c3o2)cc1. The molecule has 7 heteroatoms. The van der Waals surface area contributed by atoms with Crippen LogP contribution < -0.4 is 14.8 Å². The maximum absolute atomic E-state index is 12.8. The van der Waals surface area contributed by atoms with E-state index in [2.05, 4.69) is 28.2 Å². The molecule has 1 amide bonds. The molecule has 1 aliphatic rings. The van der Waals surface area contributed by atoms with Crippen LogP contribution in [-0.2, 0) is 6.54 Å². The standard InChI is InChI=1S/C23H27N3O4/c1-25-10-12-26(13-11-25)15-16-4-9-20(29-3)22-19(16)14-21(30-22)23(27)24-17-5-7-18(28-2)8-6-17/h4-9,14H,10-13,15H2,1-3H3,(H,24,27). The van der Waals surface area contributed by atoms with E-state index in [4.69, 9.17) is 13.9 Å². The molecule has 0 atom stereocenters. The topological polar surface area (TPSA) is 67.2 Å². The fourth-order valence-corrected chi connectivity index (χ4v) is 3.68. The minimum atomic E-state index is -0.302. The van der Waals surface area contributed by atoms with E-state index in [-0.39, 0.29) is 11.7 Å². The zero-order valence-corrected chi connectivity index (χ0v) is 17.6. The van der Waals surface area contributed by atoms with Crippen LogP contribution in [0.15, 0.2) is 46.9 Å². The van der Waals surface area contributed by atoms with Gasteiger partial charge in [-0.1, -0.05) is 6.07 Å². The molecule has 1 N–H and O–H groups in total. The van der Waals surface area contributed by atoms with Crippen LogP contribution in [0, 0.1) is 0 Å². The summed E-state index contributed by atoms with van der Waals surface area (Å²) in [6.07, 6.45) is 0. The second kappa shape index (κ2) is 8.77. The van der Waals surface area contributed by atoms with Gasteiger partial charge in [-0.3, -0.25) is 9.69 Å². The first kappa shape index (κ1) is 20.3. The Labute approximate surface area is 176 Å². The van der Waals surface area contributed by atoms with Crippen LogP contribution in [0.2, 0.25) is 0 Å². The van der Waals surface area contributed by atoms with Crippen molar-refractivity contribution in [2.75, 3.05) is 52.8 Å². The van der Waals surface area contributed by atoms with Crippen molar-refractivity contribution in [1.29, 1.82) is 0 Å². The number of furan rings is 1. The largest absolute Gasteiger partial charge is 0.497 e. The van der Waals surface area contributed by atoms with Crippen molar-refractivity contribution < 1.29 is 18.7 Å².